The molecule has 126 valence electrons. The standard InChI is InChI=1S/C14H21BrF2NO3P/c1-4-18-10-11-7-8-12(13(15)9-11)14(16,17)22(19,20-5-2)21-6-3/h7-9,18H,4-6,10H2,1-3H3. The second-order valence-electron chi connectivity index (χ2n) is 4.47. The summed E-state index contributed by atoms with van der Waals surface area (Å²) in [6, 6.07) is 4.40. The molecule has 0 radical (unpaired) electrons. The molecular weight excluding hydrogens is 379 g/mol. The molecule has 0 spiro atoms. The van der Waals surface area contributed by atoms with Gasteiger partial charge in [0.2, 0.25) is 0 Å². The summed E-state index contributed by atoms with van der Waals surface area (Å²) in [4.78, 5) is 0. The summed E-state index contributed by atoms with van der Waals surface area (Å²) in [5.74, 6) is 0. The van der Waals surface area contributed by atoms with Crippen LogP contribution in [0, 0.1) is 0 Å². The van der Waals surface area contributed by atoms with E-state index in [0.717, 1.165) is 12.1 Å². The Bertz CT molecular complexity index is 533. The van der Waals surface area contributed by atoms with Crippen molar-refractivity contribution in [3.63, 3.8) is 0 Å². The number of nitrogens with one attached hydrogen (secondary N) is 1. The lowest BCUT2D eigenvalue weighted by molar-refractivity contribution is 0.0354. The third kappa shape index (κ3) is 4.36. The second-order valence-corrected chi connectivity index (χ2v) is 7.40. The van der Waals surface area contributed by atoms with Crippen molar-refractivity contribution in [3.8, 4) is 0 Å². The minimum atomic E-state index is -4.59. The minimum Gasteiger partial charge on any atom is -0.313 e. The van der Waals surface area contributed by atoms with Crippen LogP contribution in [-0.4, -0.2) is 19.8 Å². The third-order valence-corrected chi connectivity index (χ3v) is 5.66. The van der Waals surface area contributed by atoms with Crippen LogP contribution in [0.4, 0.5) is 8.78 Å². The van der Waals surface area contributed by atoms with Gasteiger partial charge in [0.05, 0.1) is 13.2 Å². The first-order chi connectivity index (χ1) is 10.3. The summed E-state index contributed by atoms with van der Waals surface area (Å²) in [5, 5.41) is 3.11. The van der Waals surface area contributed by atoms with Gasteiger partial charge in [-0.05, 0) is 32.0 Å². The molecule has 4 nitrogen and oxygen atoms in total. The lowest BCUT2D eigenvalue weighted by Crippen LogP contribution is -2.19. The molecule has 0 fully saturated rings. The van der Waals surface area contributed by atoms with Gasteiger partial charge in [-0.2, -0.15) is 8.78 Å². The zero-order chi connectivity index (χ0) is 16.8. The van der Waals surface area contributed by atoms with Crippen LogP contribution in [-0.2, 0) is 25.8 Å². The summed E-state index contributed by atoms with van der Waals surface area (Å²) in [6.45, 7) is 6.05. The van der Waals surface area contributed by atoms with Gasteiger partial charge in [0, 0.05) is 16.6 Å². The van der Waals surface area contributed by atoms with Crippen molar-refractivity contribution in [1.29, 1.82) is 0 Å². The van der Waals surface area contributed by atoms with E-state index in [1.807, 2.05) is 6.92 Å². The maximum absolute atomic E-state index is 14.7. The SMILES string of the molecule is CCNCc1ccc(C(F)(F)P(=O)(OCC)OCC)c(Br)c1. The number of alkyl halides is 2. The predicted octanol–water partition coefficient (Wildman–Crippen LogP) is 4.87. The Morgan fingerprint density at radius 1 is 1.23 bits per heavy atom. The largest absolute Gasteiger partial charge is 0.404 e. The fraction of sp³-hybridized carbons (Fsp3) is 0.571. The van der Waals surface area contributed by atoms with Crippen LogP contribution in [0.2, 0.25) is 0 Å². The van der Waals surface area contributed by atoms with Crippen molar-refractivity contribution in [1.82, 2.24) is 5.32 Å². The maximum Gasteiger partial charge on any atom is 0.404 e. The summed E-state index contributed by atoms with van der Waals surface area (Å²) < 4.78 is 51.5. The van der Waals surface area contributed by atoms with Gasteiger partial charge < -0.3 is 14.4 Å². The number of hydrogen-bond donors (Lipinski definition) is 1. The highest BCUT2D eigenvalue weighted by Gasteiger charge is 2.55. The van der Waals surface area contributed by atoms with Crippen LogP contribution < -0.4 is 5.32 Å². The third-order valence-electron chi connectivity index (χ3n) is 2.88. The molecule has 22 heavy (non-hydrogen) atoms. The van der Waals surface area contributed by atoms with Crippen LogP contribution in [0.15, 0.2) is 22.7 Å². The first-order valence-electron chi connectivity index (χ1n) is 7.09. The Kier molecular flexibility index (Phi) is 7.62. The van der Waals surface area contributed by atoms with Crippen LogP contribution in [0.25, 0.3) is 0 Å². The van der Waals surface area contributed by atoms with E-state index >= 15 is 0 Å². The van der Waals surface area contributed by atoms with E-state index in [4.69, 9.17) is 9.05 Å². The van der Waals surface area contributed by atoms with Crippen LogP contribution in [0.1, 0.15) is 31.9 Å². The van der Waals surface area contributed by atoms with Crippen LogP contribution in [0.3, 0.4) is 0 Å². The van der Waals surface area contributed by atoms with Gasteiger partial charge in [0.25, 0.3) is 0 Å². The molecule has 0 unspecified atom stereocenters. The number of halogens is 3. The van der Waals surface area contributed by atoms with Crippen molar-refractivity contribution >= 4 is 23.5 Å². The topological polar surface area (TPSA) is 47.6 Å². The molecule has 8 heteroatoms. The van der Waals surface area contributed by atoms with Crippen molar-refractivity contribution in [3.05, 3.63) is 33.8 Å². The lowest BCUT2D eigenvalue weighted by atomic mass is 10.1. The molecule has 1 aromatic rings. The van der Waals surface area contributed by atoms with Crippen molar-refractivity contribution in [2.24, 2.45) is 0 Å². The fourth-order valence-corrected chi connectivity index (χ4v) is 4.27. The molecule has 1 rings (SSSR count). The predicted molar refractivity (Wildman–Crippen MR) is 86.3 cm³/mol. The Morgan fingerprint density at radius 3 is 2.27 bits per heavy atom. The average molecular weight is 400 g/mol. The van der Waals surface area contributed by atoms with E-state index in [9.17, 15) is 13.3 Å². The van der Waals surface area contributed by atoms with Gasteiger partial charge in [0.15, 0.2) is 0 Å². The monoisotopic (exact) mass is 399 g/mol. The molecule has 0 bridgehead atoms. The van der Waals surface area contributed by atoms with Gasteiger partial charge >= 0.3 is 13.3 Å². The Hall–Kier alpha value is -0.330. The van der Waals surface area contributed by atoms with Gasteiger partial charge in [0.1, 0.15) is 0 Å². The normalized spacial score (nSPS) is 12.6. The molecule has 0 heterocycles. The van der Waals surface area contributed by atoms with E-state index in [2.05, 4.69) is 21.2 Å². The van der Waals surface area contributed by atoms with E-state index in [1.54, 1.807) is 12.1 Å². The quantitative estimate of drug-likeness (QED) is 0.601. The van der Waals surface area contributed by atoms with E-state index in [1.165, 1.54) is 19.9 Å². The van der Waals surface area contributed by atoms with Gasteiger partial charge in [-0.1, -0.05) is 35.0 Å². The van der Waals surface area contributed by atoms with Gasteiger partial charge in [-0.15, -0.1) is 0 Å². The molecular formula is C14H21BrF2NO3P. The first kappa shape index (κ1) is 19.7. The van der Waals surface area contributed by atoms with Crippen molar-refractivity contribution < 1.29 is 22.4 Å². The van der Waals surface area contributed by atoms with Crippen LogP contribution in [0.5, 0.6) is 0 Å². The molecule has 1 N–H and O–H groups in total. The summed E-state index contributed by atoms with van der Waals surface area (Å²) in [5.41, 5.74) is -3.29. The number of hydrogen-bond acceptors (Lipinski definition) is 4. The van der Waals surface area contributed by atoms with Crippen molar-refractivity contribution in [2.45, 2.75) is 33.0 Å². The molecule has 0 saturated carbocycles. The summed E-state index contributed by atoms with van der Waals surface area (Å²) in [6.07, 6.45) is 0. The zero-order valence-electron chi connectivity index (χ0n) is 12.9. The highest BCUT2D eigenvalue weighted by atomic mass is 79.9. The maximum atomic E-state index is 14.7. The fourth-order valence-electron chi connectivity index (χ4n) is 1.87. The molecule has 0 saturated heterocycles. The number of benzene rings is 1. The lowest BCUT2D eigenvalue weighted by Gasteiger charge is -2.26. The molecule has 0 atom stereocenters. The molecule has 0 amide bonds. The smallest absolute Gasteiger partial charge is 0.313 e. The van der Waals surface area contributed by atoms with Gasteiger partial charge in [-0.3, -0.25) is 4.57 Å². The molecule has 0 aliphatic heterocycles. The zero-order valence-corrected chi connectivity index (χ0v) is 15.3. The Morgan fingerprint density at radius 2 is 1.82 bits per heavy atom. The molecule has 0 aliphatic rings. The Balaban J connectivity index is 3.17. The molecule has 1 aromatic carbocycles. The highest BCUT2D eigenvalue weighted by molar-refractivity contribution is 9.10. The first-order valence-corrected chi connectivity index (χ1v) is 9.42. The molecule has 0 aromatic heterocycles. The van der Waals surface area contributed by atoms with E-state index in [-0.39, 0.29) is 17.7 Å². The van der Waals surface area contributed by atoms with E-state index in [0.29, 0.717) is 6.54 Å². The number of rotatable bonds is 9. The Labute approximate surface area is 138 Å². The van der Waals surface area contributed by atoms with Crippen LogP contribution >= 0.6 is 23.5 Å². The van der Waals surface area contributed by atoms with E-state index < -0.39 is 18.8 Å². The summed E-state index contributed by atoms with van der Waals surface area (Å²) >= 11 is 3.13. The minimum absolute atomic E-state index is 0.122. The second kappa shape index (κ2) is 8.50. The molecule has 0 aliphatic carbocycles. The average Bonchev–Trinajstić information content (AvgIpc) is 2.45. The summed E-state index contributed by atoms with van der Waals surface area (Å²) in [7, 11) is -4.59. The van der Waals surface area contributed by atoms with Crippen molar-refractivity contribution in [2.75, 3.05) is 19.8 Å². The van der Waals surface area contributed by atoms with Gasteiger partial charge in [-0.25, -0.2) is 0 Å². The highest BCUT2D eigenvalue weighted by Crippen LogP contribution is 2.67.